The largest absolute Gasteiger partial charge is 0.465 e. The summed E-state index contributed by atoms with van der Waals surface area (Å²) in [5, 5.41) is 5.37. The zero-order chi connectivity index (χ0) is 26.4. The maximum Gasteiger partial charge on any atom is 0.337 e. The van der Waals surface area contributed by atoms with Crippen molar-refractivity contribution >= 4 is 46.5 Å². The number of nitrogens with zero attached hydrogens (tertiary/aromatic N) is 2. The maximum atomic E-state index is 14.0. The molecule has 2 N–H and O–H groups in total. The molecule has 0 bridgehead atoms. The summed E-state index contributed by atoms with van der Waals surface area (Å²) in [5.41, 5.74) is 1.97. The molecule has 0 aliphatic carbocycles. The first kappa shape index (κ1) is 25.8. The molecule has 0 spiro atoms. The molecule has 37 heavy (non-hydrogen) atoms. The molecule has 0 unspecified atom stereocenters. The minimum Gasteiger partial charge on any atom is -0.465 e. The number of anilines is 2. The number of carbonyl (C=O) groups excluding carboxylic acids is 3. The van der Waals surface area contributed by atoms with E-state index in [4.69, 9.17) is 17.0 Å². The molecule has 1 heterocycles. The van der Waals surface area contributed by atoms with E-state index >= 15 is 0 Å². The summed E-state index contributed by atoms with van der Waals surface area (Å²) in [6.07, 6.45) is 0. The second kappa shape index (κ2) is 11.6. The number of methoxy groups -OCH3 is 1. The number of thiocarbonyl (C=S) groups is 1. The molecule has 0 saturated carbocycles. The summed E-state index contributed by atoms with van der Waals surface area (Å²) in [7, 11) is 1.28. The van der Waals surface area contributed by atoms with Gasteiger partial charge in [-0.05, 0) is 54.7 Å². The second-order valence-corrected chi connectivity index (χ2v) is 8.67. The van der Waals surface area contributed by atoms with Gasteiger partial charge in [0.25, 0.3) is 11.8 Å². The zero-order valence-electron chi connectivity index (χ0n) is 20.1. The molecule has 8 nitrogen and oxygen atoms in total. The quantitative estimate of drug-likeness (QED) is 0.392. The summed E-state index contributed by atoms with van der Waals surface area (Å²) in [5.74, 6) is -1.93. The Kier molecular flexibility index (Phi) is 8.09. The highest BCUT2D eigenvalue weighted by Crippen LogP contribution is 2.29. The van der Waals surface area contributed by atoms with E-state index in [2.05, 4.69) is 15.5 Å². The van der Waals surface area contributed by atoms with Gasteiger partial charge in [-0.15, -0.1) is 0 Å². The molecular formula is C27H25FN4O4S. The van der Waals surface area contributed by atoms with Crippen molar-refractivity contribution in [1.29, 1.82) is 0 Å². The van der Waals surface area contributed by atoms with Crippen molar-refractivity contribution in [2.45, 2.75) is 0 Å². The summed E-state index contributed by atoms with van der Waals surface area (Å²) in [6, 6.07) is 19.6. The van der Waals surface area contributed by atoms with Crippen LogP contribution >= 0.6 is 12.2 Å². The molecule has 1 aliphatic rings. The van der Waals surface area contributed by atoms with E-state index in [0.29, 0.717) is 37.4 Å². The van der Waals surface area contributed by atoms with Gasteiger partial charge < -0.3 is 19.9 Å². The lowest BCUT2D eigenvalue weighted by molar-refractivity contribution is 0.0600. The number of amides is 2. The van der Waals surface area contributed by atoms with Crippen LogP contribution in [0.4, 0.5) is 15.8 Å². The number of piperazine rings is 1. The van der Waals surface area contributed by atoms with Gasteiger partial charge in [0.1, 0.15) is 5.82 Å². The third kappa shape index (κ3) is 6.10. The number of hydrogen-bond donors (Lipinski definition) is 2. The second-order valence-electron chi connectivity index (χ2n) is 8.26. The van der Waals surface area contributed by atoms with Crippen molar-refractivity contribution in [1.82, 2.24) is 10.2 Å². The average molecular weight is 521 g/mol. The topological polar surface area (TPSA) is 91.0 Å². The number of ether oxygens (including phenoxy) is 1. The van der Waals surface area contributed by atoms with Crippen LogP contribution in [-0.2, 0) is 4.74 Å². The molecule has 1 fully saturated rings. The fourth-order valence-electron chi connectivity index (χ4n) is 4.04. The van der Waals surface area contributed by atoms with E-state index in [9.17, 15) is 18.8 Å². The van der Waals surface area contributed by atoms with E-state index in [0.717, 1.165) is 5.69 Å². The lowest BCUT2D eigenvalue weighted by Gasteiger charge is -2.37. The van der Waals surface area contributed by atoms with Crippen molar-refractivity contribution in [3.8, 4) is 0 Å². The Labute approximate surface area is 219 Å². The van der Waals surface area contributed by atoms with Gasteiger partial charge >= 0.3 is 5.97 Å². The Morgan fingerprint density at radius 2 is 1.57 bits per heavy atom. The van der Waals surface area contributed by atoms with Gasteiger partial charge in [0.05, 0.1) is 29.6 Å². The Morgan fingerprint density at radius 3 is 2.24 bits per heavy atom. The number of halogens is 1. The SMILES string of the molecule is COC(=O)c1ccc(N2CCN(C(=O)c3ccccc3)CC2)c(NC(=S)NC(=O)c2ccccc2F)c1. The number of carbonyl (C=O) groups is 3. The van der Waals surface area contributed by atoms with Crippen molar-refractivity contribution in [3.05, 3.63) is 95.3 Å². The fourth-order valence-corrected chi connectivity index (χ4v) is 4.24. The van der Waals surface area contributed by atoms with Crippen LogP contribution in [0.5, 0.6) is 0 Å². The lowest BCUT2D eigenvalue weighted by Crippen LogP contribution is -2.49. The third-order valence-electron chi connectivity index (χ3n) is 5.94. The highest BCUT2D eigenvalue weighted by Gasteiger charge is 2.24. The maximum absolute atomic E-state index is 14.0. The van der Waals surface area contributed by atoms with Gasteiger partial charge in [-0.25, -0.2) is 9.18 Å². The number of hydrogen-bond acceptors (Lipinski definition) is 6. The van der Waals surface area contributed by atoms with E-state index in [-0.39, 0.29) is 22.1 Å². The average Bonchev–Trinajstić information content (AvgIpc) is 2.93. The fraction of sp³-hybridized carbons (Fsp3) is 0.185. The Morgan fingerprint density at radius 1 is 0.892 bits per heavy atom. The lowest BCUT2D eigenvalue weighted by atomic mass is 10.1. The Balaban J connectivity index is 1.50. The molecule has 0 radical (unpaired) electrons. The monoisotopic (exact) mass is 520 g/mol. The molecule has 0 atom stereocenters. The Hall–Kier alpha value is -4.31. The Bertz CT molecular complexity index is 1330. The number of benzene rings is 3. The van der Waals surface area contributed by atoms with E-state index in [1.807, 2.05) is 18.2 Å². The smallest absolute Gasteiger partial charge is 0.337 e. The van der Waals surface area contributed by atoms with Crippen LogP contribution in [0, 0.1) is 5.82 Å². The van der Waals surface area contributed by atoms with Crippen molar-refractivity contribution in [2.24, 2.45) is 0 Å². The number of nitrogens with one attached hydrogen (secondary N) is 2. The molecule has 4 rings (SSSR count). The zero-order valence-corrected chi connectivity index (χ0v) is 20.9. The highest BCUT2D eigenvalue weighted by atomic mass is 32.1. The van der Waals surface area contributed by atoms with Crippen LogP contribution in [0.2, 0.25) is 0 Å². The molecule has 190 valence electrons. The summed E-state index contributed by atoms with van der Waals surface area (Å²) in [6.45, 7) is 2.08. The van der Waals surface area contributed by atoms with Gasteiger partial charge in [-0.2, -0.15) is 0 Å². The van der Waals surface area contributed by atoms with E-state index in [1.54, 1.807) is 41.3 Å². The number of rotatable bonds is 5. The molecule has 2 amide bonds. The molecular weight excluding hydrogens is 495 g/mol. The molecule has 0 aromatic heterocycles. The third-order valence-corrected chi connectivity index (χ3v) is 6.14. The molecule has 10 heteroatoms. The summed E-state index contributed by atoms with van der Waals surface area (Å²) < 4.78 is 18.8. The summed E-state index contributed by atoms with van der Waals surface area (Å²) >= 11 is 5.31. The van der Waals surface area contributed by atoms with Crippen LogP contribution in [0.3, 0.4) is 0 Å². The van der Waals surface area contributed by atoms with Gasteiger partial charge in [0, 0.05) is 31.7 Å². The standard InChI is InChI=1S/C27H25FN4O4S/c1-36-26(35)19-11-12-23(31-13-15-32(16-14-31)25(34)18-7-3-2-4-8-18)22(17-19)29-27(37)30-24(33)20-9-5-6-10-21(20)28/h2-12,17H,13-16H2,1H3,(H2,29,30,33,37). The van der Waals surface area contributed by atoms with E-state index < -0.39 is 17.7 Å². The molecule has 1 saturated heterocycles. The minimum atomic E-state index is -0.700. The van der Waals surface area contributed by atoms with Gasteiger partial charge in [0.15, 0.2) is 5.11 Å². The van der Waals surface area contributed by atoms with Crippen LogP contribution < -0.4 is 15.5 Å². The van der Waals surface area contributed by atoms with E-state index in [1.165, 1.54) is 25.3 Å². The first-order valence-electron chi connectivity index (χ1n) is 11.6. The van der Waals surface area contributed by atoms with Crippen LogP contribution in [0.25, 0.3) is 0 Å². The first-order chi connectivity index (χ1) is 17.9. The van der Waals surface area contributed by atoms with Crippen LogP contribution in [0.1, 0.15) is 31.1 Å². The van der Waals surface area contributed by atoms with Crippen LogP contribution in [-0.4, -0.2) is 61.1 Å². The normalized spacial score (nSPS) is 13.0. The van der Waals surface area contributed by atoms with Crippen molar-refractivity contribution in [3.63, 3.8) is 0 Å². The van der Waals surface area contributed by atoms with Gasteiger partial charge in [0.2, 0.25) is 0 Å². The molecule has 1 aliphatic heterocycles. The first-order valence-corrected chi connectivity index (χ1v) is 12.0. The van der Waals surface area contributed by atoms with Crippen molar-refractivity contribution < 1.29 is 23.5 Å². The summed E-state index contributed by atoms with van der Waals surface area (Å²) in [4.78, 5) is 41.3. The van der Waals surface area contributed by atoms with Crippen molar-refractivity contribution in [2.75, 3.05) is 43.5 Å². The van der Waals surface area contributed by atoms with Gasteiger partial charge in [-0.1, -0.05) is 30.3 Å². The predicted octanol–water partition coefficient (Wildman–Crippen LogP) is 3.70. The minimum absolute atomic E-state index is 0.0309. The molecule has 3 aromatic carbocycles. The predicted molar refractivity (Wildman–Crippen MR) is 142 cm³/mol. The molecule has 3 aromatic rings. The number of esters is 1. The van der Waals surface area contributed by atoms with Crippen LogP contribution in [0.15, 0.2) is 72.8 Å². The van der Waals surface area contributed by atoms with Gasteiger partial charge in [-0.3, -0.25) is 14.9 Å². The highest BCUT2D eigenvalue weighted by molar-refractivity contribution is 7.80.